The van der Waals surface area contributed by atoms with Gasteiger partial charge in [0.15, 0.2) is 5.96 Å². The highest BCUT2D eigenvalue weighted by molar-refractivity contribution is 14.0. The minimum atomic E-state index is 0. The van der Waals surface area contributed by atoms with E-state index in [1.807, 2.05) is 37.3 Å². The number of hydrogen-bond donors (Lipinski definition) is 2. The second kappa shape index (κ2) is 14.9. The van der Waals surface area contributed by atoms with E-state index < -0.39 is 0 Å². The van der Waals surface area contributed by atoms with Crippen molar-refractivity contribution >= 4 is 29.9 Å². The monoisotopic (exact) mass is 421 g/mol. The molecule has 0 atom stereocenters. The molecule has 5 nitrogen and oxygen atoms in total. The van der Waals surface area contributed by atoms with Crippen molar-refractivity contribution in [3.05, 3.63) is 30.3 Å². The van der Waals surface area contributed by atoms with Crippen LogP contribution in [-0.2, 0) is 4.74 Å². The van der Waals surface area contributed by atoms with Gasteiger partial charge >= 0.3 is 0 Å². The molecule has 0 aliphatic heterocycles. The second-order valence-electron chi connectivity index (χ2n) is 4.40. The molecule has 0 aliphatic rings. The van der Waals surface area contributed by atoms with Gasteiger partial charge in [0.1, 0.15) is 12.4 Å². The van der Waals surface area contributed by atoms with Gasteiger partial charge in [0.05, 0.1) is 6.54 Å². The van der Waals surface area contributed by atoms with Crippen molar-refractivity contribution in [3.8, 4) is 5.75 Å². The molecule has 0 bridgehead atoms. The van der Waals surface area contributed by atoms with E-state index in [0.29, 0.717) is 13.2 Å². The zero-order chi connectivity index (χ0) is 15.2. The number of para-hydroxylation sites is 1. The van der Waals surface area contributed by atoms with E-state index in [1.165, 1.54) is 0 Å². The van der Waals surface area contributed by atoms with Gasteiger partial charge in [-0.05, 0) is 32.4 Å². The molecular weight excluding hydrogens is 393 g/mol. The van der Waals surface area contributed by atoms with Crippen LogP contribution >= 0.6 is 24.0 Å². The first-order valence-corrected chi connectivity index (χ1v) is 7.64. The van der Waals surface area contributed by atoms with E-state index in [2.05, 4.69) is 22.5 Å². The Hall–Kier alpha value is -1.02. The van der Waals surface area contributed by atoms with Gasteiger partial charge in [-0.15, -0.1) is 24.0 Å². The largest absolute Gasteiger partial charge is 0.492 e. The van der Waals surface area contributed by atoms with Crippen molar-refractivity contribution in [2.75, 3.05) is 39.5 Å². The van der Waals surface area contributed by atoms with Crippen molar-refractivity contribution in [3.63, 3.8) is 0 Å². The summed E-state index contributed by atoms with van der Waals surface area (Å²) in [5, 5.41) is 6.47. The van der Waals surface area contributed by atoms with Crippen molar-refractivity contribution in [1.82, 2.24) is 10.6 Å². The number of guanidine groups is 1. The van der Waals surface area contributed by atoms with E-state index in [1.54, 1.807) is 0 Å². The Morgan fingerprint density at radius 2 is 1.86 bits per heavy atom. The molecule has 0 amide bonds. The molecule has 0 radical (unpaired) electrons. The van der Waals surface area contributed by atoms with Crippen molar-refractivity contribution in [2.45, 2.75) is 20.3 Å². The third-order valence-corrected chi connectivity index (χ3v) is 2.67. The quantitative estimate of drug-likeness (QED) is 0.264. The summed E-state index contributed by atoms with van der Waals surface area (Å²) in [5.74, 6) is 1.71. The topological polar surface area (TPSA) is 54.9 Å². The molecule has 0 aliphatic carbocycles. The number of rotatable bonds is 10. The van der Waals surface area contributed by atoms with Crippen LogP contribution in [-0.4, -0.2) is 45.4 Å². The minimum Gasteiger partial charge on any atom is -0.492 e. The molecule has 0 spiro atoms. The van der Waals surface area contributed by atoms with Gasteiger partial charge in [0.2, 0.25) is 0 Å². The Balaban J connectivity index is 0.00000441. The number of hydrogen-bond acceptors (Lipinski definition) is 3. The number of nitrogens with one attached hydrogen (secondary N) is 2. The number of benzene rings is 1. The number of aliphatic imine (C=N–C) groups is 1. The van der Waals surface area contributed by atoms with Gasteiger partial charge in [0.25, 0.3) is 0 Å². The van der Waals surface area contributed by atoms with Crippen LogP contribution < -0.4 is 15.4 Å². The molecule has 0 aromatic heterocycles. The first-order chi connectivity index (χ1) is 10.4. The standard InChI is InChI=1S/C16H27N3O2.HI/c1-3-17-16(18-11-8-13-20-4-2)19-12-14-21-15-9-6-5-7-10-15;/h5-7,9-10H,3-4,8,11-14H2,1-2H3,(H2,17,18,19);1H. The summed E-state index contributed by atoms with van der Waals surface area (Å²) in [5.41, 5.74) is 0. The maximum atomic E-state index is 5.63. The SMILES string of the molecule is CCNC(=NCCCOCC)NCCOc1ccccc1.I. The first kappa shape index (κ1) is 21.0. The molecule has 0 saturated carbocycles. The van der Waals surface area contributed by atoms with Crippen molar-refractivity contribution in [1.29, 1.82) is 0 Å². The zero-order valence-electron chi connectivity index (χ0n) is 13.5. The van der Waals surface area contributed by atoms with Crippen LogP contribution in [0.1, 0.15) is 20.3 Å². The number of ether oxygens (including phenoxy) is 2. The van der Waals surface area contributed by atoms with Crippen molar-refractivity contribution < 1.29 is 9.47 Å². The minimum absolute atomic E-state index is 0. The van der Waals surface area contributed by atoms with E-state index in [9.17, 15) is 0 Å². The molecule has 0 saturated heterocycles. The Labute approximate surface area is 150 Å². The molecule has 126 valence electrons. The lowest BCUT2D eigenvalue weighted by Gasteiger charge is -2.12. The highest BCUT2D eigenvalue weighted by atomic mass is 127. The summed E-state index contributed by atoms with van der Waals surface area (Å²) in [7, 11) is 0. The van der Waals surface area contributed by atoms with Crippen LogP contribution in [0.5, 0.6) is 5.75 Å². The molecule has 0 fully saturated rings. The van der Waals surface area contributed by atoms with Gasteiger partial charge in [-0.1, -0.05) is 18.2 Å². The van der Waals surface area contributed by atoms with Gasteiger partial charge < -0.3 is 20.1 Å². The molecule has 0 unspecified atom stereocenters. The Bertz CT molecular complexity index is 388. The van der Waals surface area contributed by atoms with Gasteiger partial charge in [-0.25, -0.2) is 0 Å². The van der Waals surface area contributed by atoms with Gasteiger partial charge in [-0.3, -0.25) is 4.99 Å². The molecule has 2 N–H and O–H groups in total. The average Bonchev–Trinajstić information content (AvgIpc) is 2.52. The normalized spacial score (nSPS) is 10.7. The predicted molar refractivity (Wildman–Crippen MR) is 102 cm³/mol. The Kier molecular flexibility index (Phi) is 14.2. The highest BCUT2D eigenvalue weighted by Crippen LogP contribution is 2.07. The predicted octanol–water partition coefficient (Wildman–Crippen LogP) is 2.67. The maximum Gasteiger partial charge on any atom is 0.191 e. The van der Waals surface area contributed by atoms with Crippen LogP contribution in [0, 0.1) is 0 Å². The molecular formula is C16H28IN3O2. The summed E-state index contributed by atoms with van der Waals surface area (Å²) < 4.78 is 10.9. The lowest BCUT2D eigenvalue weighted by Crippen LogP contribution is -2.39. The van der Waals surface area contributed by atoms with Crippen LogP contribution in [0.15, 0.2) is 35.3 Å². The summed E-state index contributed by atoms with van der Waals surface area (Å²) in [6.45, 7) is 8.50. The van der Waals surface area contributed by atoms with E-state index in [-0.39, 0.29) is 24.0 Å². The Morgan fingerprint density at radius 1 is 1.09 bits per heavy atom. The zero-order valence-corrected chi connectivity index (χ0v) is 15.8. The van der Waals surface area contributed by atoms with Crippen LogP contribution in [0.25, 0.3) is 0 Å². The van der Waals surface area contributed by atoms with E-state index in [4.69, 9.17) is 9.47 Å². The summed E-state index contributed by atoms with van der Waals surface area (Å²) in [4.78, 5) is 4.49. The van der Waals surface area contributed by atoms with Crippen molar-refractivity contribution in [2.24, 2.45) is 4.99 Å². The average molecular weight is 421 g/mol. The fourth-order valence-electron chi connectivity index (χ4n) is 1.70. The number of halogens is 1. The first-order valence-electron chi connectivity index (χ1n) is 7.64. The third-order valence-electron chi connectivity index (χ3n) is 2.67. The second-order valence-corrected chi connectivity index (χ2v) is 4.40. The molecule has 1 aromatic carbocycles. The van der Waals surface area contributed by atoms with Crippen LogP contribution in [0.4, 0.5) is 0 Å². The van der Waals surface area contributed by atoms with Gasteiger partial charge in [-0.2, -0.15) is 0 Å². The van der Waals surface area contributed by atoms with E-state index >= 15 is 0 Å². The molecule has 0 heterocycles. The van der Waals surface area contributed by atoms with Gasteiger partial charge in [0, 0.05) is 26.3 Å². The molecule has 22 heavy (non-hydrogen) atoms. The molecule has 6 heteroatoms. The molecule has 1 rings (SSSR count). The number of nitrogens with zero attached hydrogens (tertiary/aromatic N) is 1. The van der Waals surface area contributed by atoms with Crippen LogP contribution in [0.2, 0.25) is 0 Å². The third kappa shape index (κ3) is 10.7. The lowest BCUT2D eigenvalue weighted by atomic mass is 10.3. The smallest absolute Gasteiger partial charge is 0.191 e. The lowest BCUT2D eigenvalue weighted by molar-refractivity contribution is 0.146. The fraction of sp³-hybridized carbons (Fsp3) is 0.562. The van der Waals surface area contributed by atoms with Crippen LogP contribution in [0.3, 0.4) is 0 Å². The highest BCUT2D eigenvalue weighted by Gasteiger charge is 1.97. The van der Waals surface area contributed by atoms with E-state index in [0.717, 1.165) is 44.4 Å². The summed E-state index contributed by atoms with van der Waals surface area (Å²) >= 11 is 0. The maximum absolute atomic E-state index is 5.63. The summed E-state index contributed by atoms with van der Waals surface area (Å²) in [6.07, 6.45) is 0.935. The fourth-order valence-corrected chi connectivity index (χ4v) is 1.70. The summed E-state index contributed by atoms with van der Waals surface area (Å²) in [6, 6.07) is 9.81. The Morgan fingerprint density at radius 3 is 2.55 bits per heavy atom. The molecule has 1 aromatic rings.